The molecule has 0 saturated heterocycles. The largest absolute Gasteiger partial charge is 0.377 e. The molecular formula is C10H21NO. The second kappa shape index (κ2) is 5.55. The monoisotopic (exact) mass is 171 g/mol. The van der Waals surface area contributed by atoms with Crippen molar-refractivity contribution in [2.75, 3.05) is 20.2 Å². The lowest BCUT2D eigenvalue weighted by molar-refractivity contribution is 0.0482. The van der Waals surface area contributed by atoms with E-state index in [1.54, 1.807) is 0 Å². The topological polar surface area (TPSA) is 21.3 Å². The van der Waals surface area contributed by atoms with Crippen LogP contribution in [0.4, 0.5) is 0 Å². The van der Waals surface area contributed by atoms with E-state index < -0.39 is 0 Å². The Bertz CT molecular complexity index is 112. The van der Waals surface area contributed by atoms with Gasteiger partial charge in [0, 0.05) is 13.2 Å². The van der Waals surface area contributed by atoms with E-state index in [1.165, 1.54) is 19.3 Å². The molecule has 0 aromatic rings. The van der Waals surface area contributed by atoms with E-state index >= 15 is 0 Å². The zero-order valence-electron chi connectivity index (χ0n) is 8.31. The van der Waals surface area contributed by atoms with E-state index in [0.717, 1.165) is 25.5 Å². The lowest BCUT2D eigenvalue weighted by Gasteiger charge is -2.15. The summed E-state index contributed by atoms with van der Waals surface area (Å²) in [7, 11) is 1.98. The van der Waals surface area contributed by atoms with Crippen LogP contribution in [-0.4, -0.2) is 26.3 Å². The van der Waals surface area contributed by atoms with Crippen LogP contribution in [0.15, 0.2) is 0 Å². The van der Waals surface area contributed by atoms with Crippen molar-refractivity contribution < 1.29 is 4.74 Å². The maximum atomic E-state index is 5.72. The van der Waals surface area contributed by atoms with Gasteiger partial charge in [0.25, 0.3) is 0 Å². The van der Waals surface area contributed by atoms with E-state index in [4.69, 9.17) is 4.74 Å². The summed E-state index contributed by atoms with van der Waals surface area (Å²) in [6, 6.07) is 0. The zero-order valence-corrected chi connectivity index (χ0v) is 8.31. The number of hydrogen-bond donors (Lipinski definition) is 1. The molecule has 0 amide bonds. The van der Waals surface area contributed by atoms with Crippen molar-refractivity contribution in [3.05, 3.63) is 0 Å². The van der Waals surface area contributed by atoms with Crippen LogP contribution in [0.1, 0.15) is 32.6 Å². The Morgan fingerprint density at radius 3 is 2.75 bits per heavy atom. The van der Waals surface area contributed by atoms with E-state index in [0.29, 0.717) is 6.10 Å². The summed E-state index contributed by atoms with van der Waals surface area (Å²) in [6.07, 6.45) is 5.69. The molecule has 0 spiro atoms. The number of rotatable bonds is 7. The van der Waals surface area contributed by atoms with E-state index in [-0.39, 0.29) is 0 Å². The third-order valence-electron chi connectivity index (χ3n) is 2.46. The second-order valence-corrected chi connectivity index (χ2v) is 3.69. The van der Waals surface area contributed by atoms with Gasteiger partial charge in [-0.2, -0.15) is 0 Å². The third kappa shape index (κ3) is 4.07. The second-order valence-electron chi connectivity index (χ2n) is 3.69. The molecule has 2 nitrogen and oxygen atoms in total. The number of likely N-dealkylation sites (N-methyl/N-ethyl adjacent to an activating group) is 1. The minimum Gasteiger partial charge on any atom is -0.377 e. The number of ether oxygens (including phenoxy) is 1. The quantitative estimate of drug-likeness (QED) is 0.630. The molecule has 72 valence electrons. The van der Waals surface area contributed by atoms with Crippen LogP contribution in [0.2, 0.25) is 0 Å². The molecule has 0 aromatic carbocycles. The Labute approximate surface area is 75.7 Å². The lowest BCUT2D eigenvalue weighted by atomic mass is 10.2. The van der Waals surface area contributed by atoms with Crippen molar-refractivity contribution in [3.63, 3.8) is 0 Å². The van der Waals surface area contributed by atoms with Gasteiger partial charge in [0.15, 0.2) is 0 Å². The standard InChI is InChI=1S/C10H21NO/c1-3-10(8-11-2)12-7-6-9-4-5-9/h9-11H,3-8H2,1-2H3. The Balaban J connectivity index is 1.93. The first-order valence-electron chi connectivity index (χ1n) is 5.13. The van der Waals surface area contributed by atoms with Crippen LogP contribution < -0.4 is 5.32 Å². The summed E-state index contributed by atoms with van der Waals surface area (Å²) >= 11 is 0. The van der Waals surface area contributed by atoms with Crippen molar-refractivity contribution in [3.8, 4) is 0 Å². The van der Waals surface area contributed by atoms with E-state index in [9.17, 15) is 0 Å². The van der Waals surface area contributed by atoms with Gasteiger partial charge in [-0.15, -0.1) is 0 Å². The smallest absolute Gasteiger partial charge is 0.0696 e. The predicted molar refractivity (Wildman–Crippen MR) is 51.3 cm³/mol. The lowest BCUT2D eigenvalue weighted by Crippen LogP contribution is -2.26. The summed E-state index contributed by atoms with van der Waals surface area (Å²) in [4.78, 5) is 0. The third-order valence-corrected chi connectivity index (χ3v) is 2.46. The summed E-state index contributed by atoms with van der Waals surface area (Å²) in [5, 5.41) is 3.15. The van der Waals surface area contributed by atoms with Crippen LogP contribution in [0.5, 0.6) is 0 Å². The van der Waals surface area contributed by atoms with Crippen LogP contribution in [-0.2, 0) is 4.74 Å². The van der Waals surface area contributed by atoms with Gasteiger partial charge in [0.05, 0.1) is 6.10 Å². The van der Waals surface area contributed by atoms with E-state index in [1.807, 2.05) is 7.05 Å². The molecule has 0 aromatic heterocycles. The van der Waals surface area contributed by atoms with Crippen molar-refractivity contribution in [2.24, 2.45) is 5.92 Å². The molecule has 1 aliphatic carbocycles. The fourth-order valence-electron chi connectivity index (χ4n) is 1.36. The van der Waals surface area contributed by atoms with Crippen LogP contribution in [0.25, 0.3) is 0 Å². The molecule has 1 unspecified atom stereocenters. The molecule has 2 heteroatoms. The minimum absolute atomic E-state index is 0.425. The molecule has 1 aliphatic rings. The highest BCUT2D eigenvalue weighted by Crippen LogP contribution is 2.32. The summed E-state index contributed by atoms with van der Waals surface area (Å²) < 4.78 is 5.72. The summed E-state index contributed by atoms with van der Waals surface area (Å²) in [5.74, 6) is 0.997. The normalized spacial score (nSPS) is 19.5. The highest BCUT2D eigenvalue weighted by atomic mass is 16.5. The summed E-state index contributed by atoms with van der Waals surface area (Å²) in [5.41, 5.74) is 0. The molecule has 1 saturated carbocycles. The Kier molecular flexibility index (Phi) is 4.62. The van der Waals surface area contributed by atoms with Gasteiger partial charge in [-0.1, -0.05) is 19.8 Å². The van der Waals surface area contributed by atoms with Gasteiger partial charge in [-0.05, 0) is 25.8 Å². The fourth-order valence-corrected chi connectivity index (χ4v) is 1.36. The first-order chi connectivity index (χ1) is 5.86. The number of hydrogen-bond acceptors (Lipinski definition) is 2. The Morgan fingerprint density at radius 2 is 2.25 bits per heavy atom. The molecule has 1 N–H and O–H groups in total. The van der Waals surface area contributed by atoms with Gasteiger partial charge in [-0.25, -0.2) is 0 Å². The Hall–Kier alpha value is -0.0800. The molecular weight excluding hydrogens is 150 g/mol. The molecule has 0 heterocycles. The molecule has 1 rings (SSSR count). The van der Waals surface area contributed by atoms with Crippen molar-refractivity contribution >= 4 is 0 Å². The average molecular weight is 171 g/mol. The van der Waals surface area contributed by atoms with Crippen LogP contribution >= 0.6 is 0 Å². The summed E-state index contributed by atoms with van der Waals surface area (Å²) in [6.45, 7) is 4.13. The maximum absolute atomic E-state index is 5.72. The van der Waals surface area contributed by atoms with Gasteiger partial charge in [-0.3, -0.25) is 0 Å². The molecule has 12 heavy (non-hydrogen) atoms. The first-order valence-corrected chi connectivity index (χ1v) is 5.13. The van der Waals surface area contributed by atoms with Gasteiger partial charge < -0.3 is 10.1 Å². The van der Waals surface area contributed by atoms with E-state index in [2.05, 4.69) is 12.2 Å². The van der Waals surface area contributed by atoms with Gasteiger partial charge in [0.1, 0.15) is 0 Å². The van der Waals surface area contributed by atoms with Gasteiger partial charge in [0.2, 0.25) is 0 Å². The minimum atomic E-state index is 0.425. The number of nitrogens with one attached hydrogen (secondary N) is 1. The average Bonchev–Trinajstić information content (AvgIpc) is 2.87. The maximum Gasteiger partial charge on any atom is 0.0696 e. The first kappa shape index (κ1) is 10.0. The highest BCUT2D eigenvalue weighted by Gasteiger charge is 2.20. The van der Waals surface area contributed by atoms with Crippen LogP contribution in [0.3, 0.4) is 0 Å². The highest BCUT2D eigenvalue weighted by molar-refractivity contribution is 4.72. The molecule has 1 atom stereocenters. The van der Waals surface area contributed by atoms with Crippen LogP contribution in [0, 0.1) is 5.92 Å². The fraction of sp³-hybridized carbons (Fsp3) is 1.00. The molecule has 0 bridgehead atoms. The molecule has 1 fully saturated rings. The predicted octanol–water partition coefficient (Wildman–Crippen LogP) is 1.80. The van der Waals surface area contributed by atoms with Crippen molar-refractivity contribution in [1.82, 2.24) is 5.32 Å². The molecule has 0 aliphatic heterocycles. The Morgan fingerprint density at radius 1 is 1.50 bits per heavy atom. The zero-order chi connectivity index (χ0) is 8.81. The van der Waals surface area contributed by atoms with Gasteiger partial charge >= 0.3 is 0 Å². The molecule has 0 radical (unpaired) electrons. The van der Waals surface area contributed by atoms with Crippen molar-refractivity contribution in [2.45, 2.75) is 38.7 Å². The SMILES string of the molecule is CCC(CNC)OCCC1CC1. The van der Waals surface area contributed by atoms with Crippen molar-refractivity contribution in [1.29, 1.82) is 0 Å².